The smallest absolute Gasteiger partial charge is 0.412 e. The van der Waals surface area contributed by atoms with Crippen LogP contribution in [0.2, 0.25) is 0 Å². The molecule has 0 saturated carbocycles. The SMILES string of the molecule is Cc1ccc(CNC(=O)Nc2ccc(NC(=O)OC(C)(C)C)cc2)cc1. The highest BCUT2D eigenvalue weighted by Crippen LogP contribution is 2.15. The van der Waals surface area contributed by atoms with Gasteiger partial charge in [0, 0.05) is 17.9 Å². The Balaban J connectivity index is 1.81. The third-order valence-corrected chi connectivity index (χ3v) is 3.36. The Bertz CT molecular complexity index is 747. The lowest BCUT2D eigenvalue weighted by atomic mass is 10.1. The van der Waals surface area contributed by atoms with Crippen LogP contribution in [0.25, 0.3) is 0 Å². The molecule has 3 N–H and O–H groups in total. The summed E-state index contributed by atoms with van der Waals surface area (Å²) in [5, 5.41) is 8.19. The van der Waals surface area contributed by atoms with Crippen LogP contribution in [0.5, 0.6) is 0 Å². The van der Waals surface area contributed by atoms with Crippen molar-refractivity contribution >= 4 is 23.5 Å². The molecule has 0 atom stereocenters. The number of ether oxygens (including phenoxy) is 1. The van der Waals surface area contributed by atoms with Gasteiger partial charge in [-0.3, -0.25) is 5.32 Å². The van der Waals surface area contributed by atoms with E-state index in [1.807, 2.05) is 31.2 Å². The van der Waals surface area contributed by atoms with E-state index in [2.05, 4.69) is 16.0 Å². The molecule has 0 aliphatic heterocycles. The van der Waals surface area contributed by atoms with Crippen LogP contribution in [0.3, 0.4) is 0 Å². The summed E-state index contributed by atoms with van der Waals surface area (Å²) >= 11 is 0. The Kier molecular flexibility index (Phi) is 6.22. The molecule has 0 radical (unpaired) electrons. The fourth-order valence-electron chi connectivity index (χ4n) is 2.12. The van der Waals surface area contributed by atoms with Crippen molar-refractivity contribution in [3.05, 3.63) is 59.7 Å². The van der Waals surface area contributed by atoms with Crippen molar-refractivity contribution < 1.29 is 14.3 Å². The zero-order chi connectivity index (χ0) is 19.2. The number of hydrogen-bond donors (Lipinski definition) is 3. The van der Waals surface area contributed by atoms with Crippen LogP contribution >= 0.6 is 0 Å². The van der Waals surface area contributed by atoms with Gasteiger partial charge >= 0.3 is 12.1 Å². The molecule has 0 aromatic heterocycles. The number of urea groups is 1. The molecule has 6 heteroatoms. The van der Waals surface area contributed by atoms with E-state index in [9.17, 15) is 9.59 Å². The second kappa shape index (κ2) is 8.38. The Morgan fingerprint density at radius 3 is 1.96 bits per heavy atom. The number of nitrogens with one attached hydrogen (secondary N) is 3. The summed E-state index contributed by atoms with van der Waals surface area (Å²) in [6.07, 6.45) is -0.519. The molecule has 0 bridgehead atoms. The molecule has 0 spiro atoms. The molecule has 2 rings (SSSR count). The third kappa shape index (κ3) is 6.84. The molecular weight excluding hydrogens is 330 g/mol. The van der Waals surface area contributed by atoms with Crippen molar-refractivity contribution in [3.8, 4) is 0 Å². The Hall–Kier alpha value is -3.02. The zero-order valence-electron chi connectivity index (χ0n) is 15.6. The van der Waals surface area contributed by atoms with E-state index in [1.54, 1.807) is 45.0 Å². The first-order valence-corrected chi connectivity index (χ1v) is 8.42. The summed E-state index contributed by atoms with van der Waals surface area (Å²) < 4.78 is 5.19. The molecule has 0 fully saturated rings. The highest BCUT2D eigenvalue weighted by atomic mass is 16.6. The summed E-state index contributed by atoms with van der Waals surface area (Å²) in [6, 6.07) is 14.5. The van der Waals surface area contributed by atoms with Crippen LogP contribution in [0.15, 0.2) is 48.5 Å². The lowest BCUT2D eigenvalue weighted by Crippen LogP contribution is -2.28. The highest BCUT2D eigenvalue weighted by molar-refractivity contribution is 5.90. The van der Waals surface area contributed by atoms with Gasteiger partial charge in [0.1, 0.15) is 5.60 Å². The third-order valence-electron chi connectivity index (χ3n) is 3.36. The van der Waals surface area contributed by atoms with E-state index >= 15 is 0 Å². The maximum absolute atomic E-state index is 12.0. The van der Waals surface area contributed by atoms with Gasteiger partial charge in [0.05, 0.1) is 0 Å². The van der Waals surface area contributed by atoms with Crippen molar-refractivity contribution in [1.29, 1.82) is 0 Å². The van der Waals surface area contributed by atoms with Gasteiger partial charge < -0.3 is 15.4 Å². The van der Waals surface area contributed by atoms with Gasteiger partial charge in [-0.1, -0.05) is 29.8 Å². The van der Waals surface area contributed by atoms with Gasteiger partial charge in [-0.25, -0.2) is 9.59 Å². The van der Waals surface area contributed by atoms with Crippen molar-refractivity contribution in [2.45, 2.75) is 39.8 Å². The molecule has 0 saturated heterocycles. The van der Waals surface area contributed by atoms with Gasteiger partial charge in [0.25, 0.3) is 0 Å². The molecule has 26 heavy (non-hydrogen) atoms. The second-order valence-electron chi connectivity index (χ2n) is 7.00. The molecule has 0 aliphatic rings. The normalized spacial score (nSPS) is 10.8. The van der Waals surface area contributed by atoms with Crippen LogP contribution in [0, 0.1) is 6.92 Å². The minimum Gasteiger partial charge on any atom is -0.444 e. The minimum absolute atomic E-state index is 0.293. The van der Waals surface area contributed by atoms with Crippen LogP contribution in [0.4, 0.5) is 21.0 Å². The maximum Gasteiger partial charge on any atom is 0.412 e. The number of carbonyl (C=O) groups excluding carboxylic acids is 2. The number of carbonyl (C=O) groups is 2. The van der Waals surface area contributed by atoms with E-state index in [1.165, 1.54) is 5.56 Å². The quantitative estimate of drug-likeness (QED) is 0.746. The largest absolute Gasteiger partial charge is 0.444 e. The predicted octanol–water partition coefficient (Wildman–Crippen LogP) is 4.66. The summed E-state index contributed by atoms with van der Waals surface area (Å²) in [5.74, 6) is 0. The summed E-state index contributed by atoms with van der Waals surface area (Å²) in [5.41, 5.74) is 2.87. The van der Waals surface area contributed by atoms with E-state index < -0.39 is 11.7 Å². The molecule has 3 amide bonds. The molecule has 138 valence electrons. The van der Waals surface area contributed by atoms with Crippen molar-refractivity contribution in [1.82, 2.24) is 5.32 Å². The predicted molar refractivity (Wildman–Crippen MR) is 103 cm³/mol. The van der Waals surface area contributed by atoms with Gasteiger partial charge in [-0.05, 0) is 57.5 Å². The van der Waals surface area contributed by atoms with E-state index in [-0.39, 0.29) is 6.03 Å². The van der Waals surface area contributed by atoms with E-state index in [0.717, 1.165) is 5.56 Å². The number of hydrogen-bond acceptors (Lipinski definition) is 3. The van der Waals surface area contributed by atoms with Gasteiger partial charge in [-0.2, -0.15) is 0 Å². The first kappa shape index (κ1) is 19.3. The maximum atomic E-state index is 12.0. The Morgan fingerprint density at radius 1 is 0.885 bits per heavy atom. The summed E-state index contributed by atoms with van der Waals surface area (Å²) in [6.45, 7) is 7.87. The standard InChI is InChI=1S/C20H25N3O3/c1-14-5-7-15(8-6-14)13-21-18(24)22-16-9-11-17(12-10-16)23-19(25)26-20(2,3)4/h5-12H,13H2,1-4H3,(H,23,25)(H2,21,22,24). The molecule has 6 nitrogen and oxygen atoms in total. The van der Waals surface area contributed by atoms with Gasteiger partial charge in [-0.15, -0.1) is 0 Å². The Morgan fingerprint density at radius 2 is 1.42 bits per heavy atom. The van der Waals surface area contributed by atoms with Crippen LogP contribution in [0.1, 0.15) is 31.9 Å². The molecular formula is C20H25N3O3. The first-order valence-electron chi connectivity index (χ1n) is 8.42. The number of anilines is 2. The molecule has 0 unspecified atom stereocenters. The van der Waals surface area contributed by atoms with Crippen LogP contribution in [-0.4, -0.2) is 17.7 Å². The number of rotatable bonds is 4. The van der Waals surface area contributed by atoms with Crippen molar-refractivity contribution in [3.63, 3.8) is 0 Å². The van der Waals surface area contributed by atoms with Crippen molar-refractivity contribution in [2.75, 3.05) is 10.6 Å². The minimum atomic E-state index is -0.554. The lowest BCUT2D eigenvalue weighted by molar-refractivity contribution is 0.0636. The van der Waals surface area contributed by atoms with Crippen molar-refractivity contribution in [2.24, 2.45) is 0 Å². The molecule has 2 aromatic rings. The first-order chi connectivity index (χ1) is 12.2. The summed E-state index contributed by atoms with van der Waals surface area (Å²) in [7, 11) is 0. The van der Waals surface area contributed by atoms with Crippen LogP contribution < -0.4 is 16.0 Å². The van der Waals surface area contributed by atoms with Gasteiger partial charge in [0.15, 0.2) is 0 Å². The van der Waals surface area contributed by atoms with E-state index in [0.29, 0.717) is 17.9 Å². The average Bonchev–Trinajstić information content (AvgIpc) is 2.54. The topological polar surface area (TPSA) is 79.5 Å². The number of aryl methyl sites for hydroxylation is 1. The number of benzene rings is 2. The monoisotopic (exact) mass is 355 g/mol. The summed E-state index contributed by atoms with van der Waals surface area (Å²) in [4.78, 5) is 23.7. The molecule has 2 aromatic carbocycles. The molecule has 0 heterocycles. The highest BCUT2D eigenvalue weighted by Gasteiger charge is 2.16. The molecule has 0 aliphatic carbocycles. The fourth-order valence-corrected chi connectivity index (χ4v) is 2.12. The number of amides is 3. The van der Waals surface area contributed by atoms with Crippen LogP contribution in [-0.2, 0) is 11.3 Å². The second-order valence-corrected chi connectivity index (χ2v) is 7.00. The lowest BCUT2D eigenvalue weighted by Gasteiger charge is -2.19. The van der Waals surface area contributed by atoms with E-state index in [4.69, 9.17) is 4.74 Å². The van der Waals surface area contributed by atoms with Gasteiger partial charge in [0.2, 0.25) is 0 Å². The Labute approximate surface area is 153 Å². The fraction of sp³-hybridized carbons (Fsp3) is 0.300. The average molecular weight is 355 g/mol. The zero-order valence-corrected chi connectivity index (χ0v) is 15.6.